The lowest BCUT2D eigenvalue weighted by Gasteiger charge is -1.99. The molecule has 0 aliphatic rings. The summed E-state index contributed by atoms with van der Waals surface area (Å²) in [5.41, 5.74) is 1.55. The first-order valence-electron chi connectivity index (χ1n) is 4.03. The summed E-state index contributed by atoms with van der Waals surface area (Å²) in [5, 5.41) is 8.89. The fourth-order valence-electron chi connectivity index (χ4n) is 1.35. The van der Waals surface area contributed by atoms with Crippen LogP contribution in [-0.2, 0) is 5.75 Å². The number of fused-ring (bicyclic) bond motifs is 1. The topological polar surface area (TPSA) is 54.6 Å². The van der Waals surface area contributed by atoms with Crippen molar-refractivity contribution in [3.63, 3.8) is 0 Å². The van der Waals surface area contributed by atoms with E-state index in [-0.39, 0.29) is 5.56 Å². The molecule has 2 aromatic heterocycles. The van der Waals surface area contributed by atoms with E-state index in [1.165, 1.54) is 6.07 Å². The van der Waals surface area contributed by atoms with E-state index in [1.54, 1.807) is 22.9 Å². The number of carboxylic acids is 1. The van der Waals surface area contributed by atoms with Gasteiger partial charge < -0.3 is 9.51 Å². The summed E-state index contributed by atoms with van der Waals surface area (Å²) in [7, 11) is 0. The minimum absolute atomic E-state index is 0.209. The molecule has 14 heavy (non-hydrogen) atoms. The molecular formula is C9H8N2O2S. The van der Waals surface area contributed by atoms with E-state index in [4.69, 9.17) is 5.11 Å². The van der Waals surface area contributed by atoms with Crippen LogP contribution in [-0.4, -0.2) is 20.5 Å². The number of hydrogen-bond acceptors (Lipinski definition) is 3. The standard InChI is InChI=1S/C9H8N2O2S/c12-9(13)7-2-1-3-11-6(5-14)4-10-8(7)11/h1-4,14H,5H2,(H,12,13). The molecule has 0 spiro atoms. The number of rotatable bonds is 2. The van der Waals surface area contributed by atoms with Crippen LogP contribution in [0.15, 0.2) is 24.5 Å². The maximum absolute atomic E-state index is 10.8. The molecule has 0 saturated heterocycles. The molecule has 0 saturated carbocycles. The highest BCUT2D eigenvalue weighted by Gasteiger charge is 2.11. The Morgan fingerprint density at radius 1 is 1.64 bits per heavy atom. The van der Waals surface area contributed by atoms with Crippen molar-refractivity contribution in [2.45, 2.75) is 5.75 Å². The lowest BCUT2D eigenvalue weighted by Crippen LogP contribution is -2.01. The van der Waals surface area contributed by atoms with Gasteiger partial charge in [0.1, 0.15) is 5.56 Å². The molecule has 0 aliphatic heterocycles. The van der Waals surface area contributed by atoms with Gasteiger partial charge in [0.05, 0.1) is 11.9 Å². The summed E-state index contributed by atoms with van der Waals surface area (Å²) < 4.78 is 1.73. The maximum atomic E-state index is 10.8. The number of aromatic nitrogens is 2. The second kappa shape index (κ2) is 3.34. The van der Waals surface area contributed by atoms with Gasteiger partial charge in [-0.3, -0.25) is 0 Å². The molecule has 0 radical (unpaired) electrons. The smallest absolute Gasteiger partial charge is 0.339 e. The first-order valence-corrected chi connectivity index (χ1v) is 4.66. The van der Waals surface area contributed by atoms with Crippen molar-refractivity contribution in [3.8, 4) is 0 Å². The molecule has 0 aromatic carbocycles. The van der Waals surface area contributed by atoms with Gasteiger partial charge in [-0.25, -0.2) is 9.78 Å². The molecule has 72 valence electrons. The fraction of sp³-hybridized carbons (Fsp3) is 0.111. The summed E-state index contributed by atoms with van der Waals surface area (Å²) >= 11 is 4.13. The molecule has 0 atom stereocenters. The molecule has 2 rings (SSSR count). The largest absolute Gasteiger partial charge is 0.478 e. The van der Waals surface area contributed by atoms with Gasteiger partial charge in [-0.15, -0.1) is 0 Å². The van der Waals surface area contributed by atoms with E-state index in [1.807, 2.05) is 0 Å². The number of aromatic carboxylic acids is 1. The Kier molecular flexibility index (Phi) is 2.17. The third-order valence-electron chi connectivity index (χ3n) is 2.00. The average molecular weight is 208 g/mol. The highest BCUT2D eigenvalue weighted by atomic mass is 32.1. The average Bonchev–Trinajstić information content (AvgIpc) is 2.59. The zero-order chi connectivity index (χ0) is 10.1. The lowest BCUT2D eigenvalue weighted by molar-refractivity contribution is 0.0698. The second-order valence-electron chi connectivity index (χ2n) is 2.83. The molecule has 2 aromatic rings. The minimum Gasteiger partial charge on any atom is -0.478 e. The summed E-state index contributed by atoms with van der Waals surface area (Å²) in [5.74, 6) is -0.434. The number of imidazole rings is 1. The van der Waals surface area contributed by atoms with E-state index in [0.29, 0.717) is 11.4 Å². The quantitative estimate of drug-likeness (QED) is 0.735. The molecular weight excluding hydrogens is 200 g/mol. The monoisotopic (exact) mass is 208 g/mol. The minimum atomic E-state index is -0.966. The van der Waals surface area contributed by atoms with Crippen LogP contribution in [0.2, 0.25) is 0 Å². The SMILES string of the molecule is O=C(O)c1cccn2c(CS)cnc12. The predicted octanol–water partition coefficient (Wildman–Crippen LogP) is 1.46. The van der Waals surface area contributed by atoms with Crippen LogP contribution < -0.4 is 0 Å². The summed E-state index contributed by atoms with van der Waals surface area (Å²) in [6.07, 6.45) is 3.41. The number of carbonyl (C=O) groups is 1. The Labute approximate surface area is 85.6 Å². The van der Waals surface area contributed by atoms with Crippen molar-refractivity contribution in [1.29, 1.82) is 0 Å². The molecule has 5 heteroatoms. The molecule has 0 unspecified atom stereocenters. The summed E-state index contributed by atoms with van der Waals surface area (Å²) in [6.45, 7) is 0. The molecule has 2 heterocycles. The van der Waals surface area contributed by atoms with Gasteiger partial charge in [0.25, 0.3) is 0 Å². The predicted molar refractivity (Wildman–Crippen MR) is 54.8 cm³/mol. The van der Waals surface area contributed by atoms with Crippen LogP contribution in [0.5, 0.6) is 0 Å². The van der Waals surface area contributed by atoms with Gasteiger partial charge in [-0.05, 0) is 12.1 Å². The zero-order valence-corrected chi connectivity index (χ0v) is 8.11. The first-order chi connectivity index (χ1) is 6.74. The number of pyridine rings is 1. The molecule has 0 amide bonds. The fourth-order valence-corrected chi connectivity index (χ4v) is 1.58. The molecule has 4 nitrogen and oxygen atoms in total. The Morgan fingerprint density at radius 3 is 3.07 bits per heavy atom. The normalized spacial score (nSPS) is 10.6. The van der Waals surface area contributed by atoms with Crippen molar-refractivity contribution in [1.82, 2.24) is 9.38 Å². The number of thiol groups is 1. The number of hydrogen-bond donors (Lipinski definition) is 2. The summed E-state index contributed by atoms with van der Waals surface area (Å²) in [6, 6.07) is 3.22. The summed E-state index contributed by atoms with van der Waals surface area (Å²) in [4.78, 5) is 14.9. The van der Waals surface area contributed by atoms with Crippen molar-refractivity contribution in [2.75, 3.05) is 0 Å². The van der Waals surface area contributed by atoms with Crippen LogP contribution in [0.4, 0.5) is 0 Å². The number of nitrogens with zero attached hydrogens (tertiary/aromatic N) is 2. The van der Waals surface area contributed by atoms with Gasteiger partial charge >= 0.3 is 5.97 Å². The number of carboxylic acid groups (broad SMARTS) is 1. The van der Waals surface area contributed by atoms with E-state index in [9.17, 15) is 4.79 Å². The third kappa shape index (κ3) is 1.26. The van der Waals surface area contributed by atoms with Crippen molar-refractivity contribution < 1.29 is 9.90 Å². The second-order valence-corrected chi connectivity index (χ2v) is 3.14. The highest BCUT2D eigenvalue weighted by Crippen LogP contribution is 2.13. The van der Waals surface area contributed by atoms with Crippen molar-refractivity contribution in [2.24, 2.45) is 0 Å². The van der Waals surface area contributed by atoms with E-state index >= 15 is 0 Å². The van der Waals surface area contributed by atoms with E-state index < -0.39 is 5.97 Å². The van der Waals surface area contributed by atoms with Crippen LogP contribution >= 0.6 is 12.6 Å². The Bertz CT molecular complexity index is 493. The van der Waals surface area contributed by atoms with Crippen LogP contribution in [0.25, 0.3) is 5.65 Å². The maximum Gasteiger partial charge on any atom is 0.339 e. The van der Waals surface area contributed by atoms with Crippen LogP contribution in [0, 0.1) is 0 Å². The van der Waals surface area contributed by atoms with Crippen molar-refractivity contribution in [3.05, 3.63) is 35.8 Å². The van der Waals surface area contributed by atoms with Gasteiger partial charge in [0.2, 0.25) is 0 Å². The van der Waals surface area contributed by atoms with E-state index in [2.05, 4.69) is 17.6 Å². The van der Waals surface area contributed by atoms with Crippen LogP contribution in [0.1, 0.15) is 16.1 Å². The lowest BCUT2D eigenvalue weighted by atomic mass is 10.3. The Balaban J connectivity index is 2.76. The highest BCUT2D eigenvalue weighted by molar-refractivity contribution is 7.79. The van der Waals surface area contributed by atoms with Gasteiger partial charge in [0, 0.05) is 11.9 Å². The third-order valence-corrected chi connectivity index (χ3v) is 2.33. The molecule has 0 fully saturated rings. The van der Waals surface area contributed by atoms with Crippen LogP contribution in [0.3, 0.4) is 0 Å². The van der Waals surface area contributed by atoms with Crippen molar-refractivity contribution >= 4 is 24.2 Å². The first kappa shape index (κ1) is 9.08. The Morgan fingerprint density at radius 2 is 2.43 bits per heavy atom. The van der Waals surface area contributed by atoms with Gasteiger partial charge in [0.15, 0.2) is 5.65 Å². The zero-order valence-electron chi connectivity index (χ0n) is 7.21. The molecule has 0 aliphatic carbocycles. The molecule has 1 N–H and O–H groups in total. The van der Waals surface area contributed by atoms with Gasteiger partial charge in [-0.1, -0.05) is 0 Å². The van der Waals surface area contributed by atoms with Gasteiger partial charge in [-0.2, -0.15) is 12.6 Å². The van der Waals surface area contributed by atoms with E-state index in [0.717, 1.165) is 5.69 Å². The Hall–Kier alpha value is -1.49. The molecule has 0 bridgehead atoms.